The van der Waals surface area contributed by atoms with Crippen molar-refractivity contribution in [3.05, 3.63) is 87.3 Å². The third-order valence-corrected chi connectivity index (χ3v) is 6.05. The van der Waals surface area contributed by atoms with Crippen LogP contribution in [0.1, 0.15) is 28.8 Å². The second kappa shape index (κ2) is 8.66. The lowest BCUT2D eigenvalue weighted by Crippen LogP contribution is -2.32. The number of carbonyl (C=O) groups is 1. The van der Waals surface area contributed by atoms with Gasteiger partial charge in [-0.05, 0) is 43.9 Å². The summed E-state index contributed by atoms with van der Waals surface area (Å²) < 4.78 is 1.53. The Morgan fingerprint density at radius 1 is 1.10 bits per heavy atom. The summed E-state index contributed by atoms with van der Waals surface area (Å²) in [4.78, 5) is 30.4. The Morgan fingerprint density at radius 3 is 2.62 bits per heavy atom. The zero-order valence-electron chi connectivity index (χ0n) is 16.4. The number of hydrogen-bond acceptors (Lipinski definition) is 4. The van der Waals surface area contributed by atoms with E-state index in [0.717, 1.165) is 47.3 Å². The van der Waals surface area contributed by atoms with Crippen LogP contribution in [0.25, 0.3) is 0 Å². The van der Waals surface area contributed by atoms with E-state index in [1.54, 1.807) is 0 Å². The van der Waals surface area contributed by atoms with Gasteiger partial charge >= 0.3 is 0 Å². The molecule has 1 amide bonds. The molecule has 3 aromatic rings. The van der Waals surface area contributed by atoms with Gasteiger partial charge < -0.3 is 5.32 Å². The standard InChI is InChI=1S/C23H23N3O2S/c1-16-10-12-18(13-11-16)24-21(27)14-26-22(28)19-8-5-9-20(19)25-23(26)29-15-17-6-3-2-4-7-17/h2-4,6-7,10-13H,5,8-9,14-15H2,1H3,(H,24,27). The Bertz CT molecular complexity index is 1080. The SMILES string of the molecule is Cc1ccc(NC(=O)Cn2c(SCc3ccccc3)nc3c(c2=O)CCC3)cc1. The number of fused-ring (bicyclic) bond motifs is 1. The van der Waals surface area contributed by atoms with Crippen molar-refractivity contribution in [3.8, 4) is 0 Å². The molecule has 0 radical (unpaired) electrons. The van der Waals surface area contributed by atoms with Crippen LogP contribution in [0.3, 0.4) is 0 Å². The first-order valence-corrected chi connectivity index (χ1v) is 10.7. The minimum absolute atomic E-state index is 0.0376. The predicted molar refractivity (Wildman–Crippen MR) is 116 cm³/mol. The van der Waals surface area contributed by atoms with E-state index in [4.69, 9.17) is 4.98 Å². The summed E-state index contributed by atoms with van der Waals surface area (Å²) in [5.74, 6) is 0.475. The molecule has 0 unspecified atom stereocenters. The molecule has 0 aliphatic heterocycles. The van der Waals surface area contributed by atoms with Crippen LogP contribution in [-0.2, 0) is 29.9 Å². The highest BCUT2D eigenvalue weighted by atomic mass is 32.2. The topological polar surface area (TPSA) is 64.0 Å². The number of thioether (sulfide) groups is 1. The number of rotatable bonds is 6. The molecule has 1 aliphatic carbocycles. The fourth-order valence-corrected chi connectivity index (χ4v) is 4.43. The fraction of sp³-hybridized carbons (Fsp3) is 0.261. The Kier molecular flexibility index (Phi) is 5.81. The minimum atomic E-state index is -0.225. The van der Waals surface area contributed by atoms with Crippen molar-refractivity contribution in [2.75, 3.05) is 5.32 Å². The summed E-state index contributed by atoms with van der Waals surface area (Å²) in [6, 6.07) is 17.7. The number of benzene rings is 2. The molecule has 148 valence electrons. The largest absolute Gasteiger partial charge is 0.325 e. The van der Waals surface area contributed by atoms with Gasteiger partial charge in [0, 0.05) is 17.0 Å². The molecule has 1 aliphatic rings. The molecule has 0 spiro atoms. The lowest BCUT2D eigenvalue weighted by Gasteiger charge is -2.14. The average Bonchev–Trinajstić information content (AvgIpc) is 3.20. The van der Waals surface area contributed by atoms with E-state index >= 15 is 0 Å². The number of nitrogens with one attached hydrogen (secondary N) is 1. The number of anilines is 1. The van der Waals surface area contributed by atoms with Gasteiger partial charge in [-0.3, -0.25) is 14.2 Å². The van der Waals surface area contributed by atoms with Gasteiger partial charge in [-0.25, -0.2) is 4.98 Å². The molecule has 0 saturated heterocycles. The fourth-order valence-electron chi connectivity index (χ4n) is 3.46. The van der Waals surface area contributed by atoms with Crippen LogP contribution in [0, 0.1) is 6.92 Å². The number of carbonyl (C=O) groups excluding carboxylic acids is 1. The second-order valence-electron chi connectivity index (χ2n) is 7.25. The molecule has 2 aromatic carbocycles. The predicted octanol–water partition coefficient (Wildman–Crippen LogP) is 3.97. The molecule has 29 heavy (non-hydrogen) atoms. The van der Waals surface area contributed by atoms with Crippen LogP contribution in [0.2, 0.25) is 0 Å². The van der Waals surface area contributed by atoms with Crippen LogP contribution in [0.5, 0.6) is 0 Å². The molecular formula is C23H23N3O2S. The lowest BCUT2D eigenvalue weighted by molar-refractivity contribution is -0.116. The Labute approximate surface area is 174 Å². The van der Waals surface area contributed by atoms with Crippen molar-refractivity contribution >= 4 is 23.4 Å². The highest BCUT2D eigenvalue weighted by Crippen LogP contribution is 2.24. The number of aromatic nitrogens is 2. The van der Waals surface area contributed by atoms with Crippen LogP contribution >= 0.6 is 11.8 Å². The molecular weight excluding hydrogens is 382 g/mol. The van der Waals surface area contributed by atoms with E-state index in [-0.39, 0.29) is 18.0 Å². The zero-order chi connectivity index (χ0) is 20.2. The maximum atomic E-state index is 13.1. The average molecular weight is 406 g/mol. The van der Waals surface area contributed by atoms with Crippen LogP contribution < -0.4 is 10.9 Å². The smallest absolute Gasteiger partial charge is 0.258 e. The van der Waals surface area contributed by atoms with Gasteiger partial charge in [0.05, 0.1) is 5.69 Å². The zero-order valence-corrected chi connectivity index (χ0v) is 17.2. The maximum absolute atomic E-state index is 13.1. The molecule has 0 fully saturated rings. The van der Waals surface area contributed by atoms with Crippen LogP contribution in [-0.4, -0.2) is 15.5 Å². The van der Waals surface area contributed by atoms with Crippen molar-refractivity contribution in [1.29, 1.82) is 0 Å². The van der Waals surface area contributed by atoms with Crippen LogP contribution in [0.4, 0.5) is 5.69 Å². The van der Waals surface area contributed by atoms with Gasteiger partial charge in [-0.1, -0.05) is 59.8 Å². The normalized spacial score (nSPS) is 12.6. The van der Waals surface area contributed by atoms with Crippen molar-refractivity contribution < 1.29 is 4.79 Å². The van der Waals surface area contributed by atoms with Gasteiger partial charge in [0.25, 0.3) is 5.56 Å². The molecule has 4 rings (SSSR count). The summed E-state index contributed by atoms with van der Waals surface area (Å²) in [5.41, 5.74) is 4.57. The quantitative estimate of drug-likeness (QED) is 0.498. The summed E-state index contributed by atoms with van der Waals surface area (Å²) in [7, 11) is 0. The highest BCUT2D eigenvalue weighted by Gasteiger charge is 2.22. The first-order valence-electron chi connectivity index (χ1n) is 9.76. The van der Waals surface area contributed by atoms with Crippen molar-refractivity contribution in [1.82, 2.24) is 9.55 Å². The number of amides is 1. The third-order valence-electron chi connectivity index (χ3n) is 5.00. The Hall–Kier alpha value is -2.86. The van der Waals surface area contributed by atoms with E-state index in [1.807, 2.05) is 61.5 Å². The molecule has 1 heterocycles. The van der Waals surface area contributed by atoms with Gasteiger partial charge in [0.15, 0.2) is 5.16 Å². The molecule has 1 aromatic heterocycles. The Balaban J connectivity index is 1.57. The van der Waals surface area contributed by atoms with Crippen molar-refractivity contribution in [2.24, 2.45) is 0 Å². The summed E-state index contributed by atoms with van der Waals surface area (Å²) in [6.45, 7) is 1.96. The summed E-state index contributed by atoms with van der Waals surface area (Å²) >= 11 is 1.50. The molecule has 5 nitrogen and oxygen atoms in total. The molecule has 1 N–H and O–H groups in total. The summed E-state index contributed by atoms with van der Waals surface area (Å²) in [5, 5.41) is 3.49. The van der Waals surface area contributed by atoms with E-state index in [9.17, 15) is 9.59 Å². The number of hydrogen-bond donors (Lipinski definition) is 1. The van der Waals surface area contributed by atoms with Crippen molar-refractivity contribution in [3.63, 3.8) is 0 Å². The van der Waals surface area contributed by atoms with E-state index < -0.39 is 0 Å². The first-order chi connectivity index (χ1) is 14.1. The molecule has 0 atom stereocenters. The number of nitrogens with zero attached hydrogens (tertiary/aromatic N) is 2. The summed E-state index contributed by atoms with van der Waals surface area (Å²) in [6.07, 6.45) is 2.52. The number of aryl methyl sites for hydroxylation is 2. The third kappa shape index (κ3) is 4.59. The van der Waals surface area contributed by atoms with Gasteiger partial charge in [0.2, 0.25) is 5.91 Å². The lowest BCUT2D eigenvalue weighted by atomic mass is 10.2. The molecule has 0 saturated carbocycles. The first kappa shape index (κ1) is 19.5. The van der Waals surface area contributed by atoms with E-state index in [0.29, 0.717) is 10.9 Å². The molecule has 6 heteroatoms. The van der Waals surface area contributed by atoms with E-state index in [1.165, 1.54) is 16.3 Å². The minimum Gasteiger partial charge on any atom is -0.325 e. The second-order valence-corrected chi connectivity index (χ2v) is 8.20. The monoisotopic (exact) mass is 405 g/mol. The highest BCUT2D eigenvalue weighted by molar-refractivity contribution is 7.98. The van der Waals surface area contributed by atoms with Gasteiger partial charge in [-0.15, -0.1) is 0 Å². The van der Waals surface area contributed by atoms with E-state index in [2.05, 4.69) is 5.32 Å². The van der Waals surface area contributed by atoms with Gasteiger partial charge in [-0.2, -0.15) is 0 Å². The van der Waals surface area contributed by atoms with Crippen LogP contribution in [0.15, 0.2) is 64.5 Å². The van der Waals surface area contributed by atoms with Crippen molar-refractivity contribution in [2.45, 2.75) is 43.6 Å². The maximum Gasteiger partial charge on any atom is 0.258 e. The van der Waals surface area contributed by atoms with Gasteiger partial charge in [0.1, 0.15) is 6.54 Å². The Morgan fingerprint density at radius 2 is 1.86 bits per heavy atom. The molecule has 0 bridgehead atoms.